The Balaban J connectivity index is 1.59. The summed E-state index contributed by atoms with van der Waals surface area (Å²) in [5.41, 5.74) is 0.920. The molecule has 1 fully saturated rings. The first-order valence-electron chi connectivity index (χ1n) is 8.83. The van der Waals surface area contributed by atoms with Gasteiger partial charge in [-0.25, -0.2) is 4.79 Å². The number of carbonyl (C=O) groups is 2. The van der Waals surface area contributed by atoms with E-state index in [1.54, 1.807) is 11.9 Å². The molecule has 0 aromatic heterocycles. The van der Waals surface area contributed by atoms with Gasteiger partial charge in [-0.1, -0.05) is 62.4 Å². The number of likely N-dealkylation sites (N-methyl/N-ethyl adjacent to an activating group) is 1. The fraction of sp³-hybridized carbons (Fsp3) is 0.579. The number of hydrogen-bond donors (Lipinski definition) is 1. The second-order valence-electron chi connectivity index (χ2n) is 6.52. The van der Waals surface area contributed by atoms with Gasteiger partial charge in [-0.05, 0) is 17.9 Å². The van der Waals surface area contributed by atoms with Gasteiger partial charge in [-0.15, -0.1) is 0 Å². The lowest BCUT2D eigenvalue weighted by molar-refractivity contribution is -0.129. The predicted molar refractivity (Wildman–Crippen MR) is 93.5 cm³/mol. The molecule has 2 rings (SSSR count). The number of amides is 2. The third kappa shape index (κ3) is 6.60. The van der Waals surface area contributed by atoms with Gasteiger partial charge in [0.05, 0.1) is 0 Å². The molecule has 132 valence electrons. The quantitative estimate of drug-likeness (QED) is 0.833. The topological polar surface area (TPSA) is 58.6 Å². The average Bonchev–Trinajstić information content (AvgIpc) is 2.64. The van der Waals surface area contributed by atoms with Gasteiger partial charge < -0.3 is 15.0 Å². The molecule has 0 aliphatic heterocycles. The van der Waals surface area contributed by atoms with Crippen LogP contribution < -0.4 is 5.32 Å². The van der Waals surface area contributed by atoms with Gasteiger partial charge in [0.2, 0.25) is 5.91 Å². The zero-order chi connectivity index (χ0) is 17.2. The third-order valence-corrected chi connectivity index (χ3v) is 4.62. The Kier molecular flexibility index (Phi) is 7.59. The van der Waals surface area contributed by atoms with Crippen LogP contribution in [0.4, 0.5) is 4.79 Å². The van der Waals surface area contributed by atoms with E-state index in [-0.39, 0.29) is 19.1 Å². The molecule has 1 N–H and O–H groups in total. The van der Waals surface area contributed by atoms with E-state index in [0.717, 1.165) is 24.4 Å². The van der Waals surface area contributed by atoms with Crippen LogP contribution in [-0.2, 0) is 16.1 Å². The van der Waals surface area contributed by atoms with Crippen molar-refractivity contribution in [2.24, 2.45) is 5.92 Å². The van der Waals surface area contributed by atoms with Crippen LogP contribution in [0.15, 0.2) is 30.3 Å². The molecule has 0 atom stereocenters. The number of hydrogen-bond acceptors (Lipinski definition) is 3. The number of benzene rings is 1. The Labute approximate surface area is 144 Å². The first-order chi connectivity index (χ1) is 11.6. The first-order valence-corrected chi connectivity index (χ1v) is 8.83. The number of nitrogens with one attached hydrogen (secondary N) is 1. The molecule has 1 saturated carbocycles. The Hall–Kier alpha value is -2.04. The molecule has 0 unspecified atom stereocenters. The molecular weight excluding hydrogens is 304 g/mol. The molecule has 24 heavy (non-hydrogen) atoms. The Morgan fingerprint density at radius 3 is 2.58 bits per heavy atom. The number of rotatable bonds is 7. The Morgan fingerprint density at radius 1 is 1.17 bits per heavy atom. The zero-order valence-electron chi connectivity index (χ0n) is 14.5. The van der Waals surface area contributed by atoms with Crippen molar-refractivity contribution >= 4 is 12.0 Å². The highest BCUT2D eigenvalue weighted by Crippen LogP contribution is 2.26. The molecule has 1 aromatic carbocycles. The summed E-state index contributed by atoms with van der Waals surface area (Å²) in [6.45, 7) is 0.942. The molecule has 0 radical (unpaired) electrons. The number of ether oxygens (including phenoxy) is 1. The molecular formula is C19H28N2O3. The molecule has 5 nitrogen and oxygen atoms in total. The molecule has 1 aromatic rings. The maximum atomic E-state index is 12.1. The van der Waals surface area contributed by atoms with E-state index in [4.69, 9.17) is 4.74 Å². The van der Waals surface area contributed by atoms with E-state index in [1.807, 2.05) is 30.3 Å². The van der Waals surface area contributed by atoms with Gasteiger partial charge in [0.15, 0.2) is 0 Å². The van der Waals surface area contributed by atoms with Gasteiger partial charge in [0, 0.05) is 13.6 Å². The normalized spacial score (nSPS) is 14.9. The van der Waals surface area contributed by atoms with Crippen LogP contribution in [0.25, 0.3) is 0 Å². The summed E-state index contributed by atoms with van der Waals surface area (Å²) < 4.78 is 5.09. The summed E-state index contributed by atoms with van der Waals surface area (Å²) >= 11 is 0. The largest absolute Gasteiger partial charge is 0.445 e. The molecule has 0 spiro atoms. The lowest BCUT2D eigenvalue weighted by atomic mass is 9.87. The summed E-state index contributed by atoms with van der Waals surface area (Å²) in [6.07, 6.45) is 7.04. The van der Waals surface area contributed by atoms with Crippen molar-refractivity contribution in [3.8, 4) is 0 Å². The highest BCUT2D eigenvalue weighted by molar-refractivity contribution is 5.82. The van der Waals surface area contributed by atoms with Gasteiger partial charge in [-0.2, -0.15) is 0 Å². The van der Waals surface area contributed by atoms with Crippen molar-refractivity contribution in [3.63, 3.8) is 0 Å². The van der Waals surface area contributed by atoms with Crippen molar-refractivity contribution in [1.82, 2.24) is 10.2 Å². The second-order valence-corrected chi connectivity index (χ2v) is 6.52. The van der Waals surface area contributed by atoms with Gasteiger partial charge in [-0.3, -0.25) is 4.79 Å². The van der Waals surface area contributed by atoms with Crippen molar-refractivity contribution in [1.29, 1.82) is 0 Å². The number of alkyl carbamates (subject to hydrolysis) is 1. The SMILES string of the molecule is CN(CCC1CCCCC1)C(=O)CNC(=O)OCc1ccccc1. The monoisotopic (exact) mass is 332 g/mol. The average molecular weight is 332 g/mol. The number of nitrogens with zero attached hydrogens (tertiary/aromatic N) is 1. The summed E-state index contributed by atoms with van der Waals surface area (Å²) in [4.78, 5) is 25.4. The molecule has 1 aliphatic rings. The van der Waals surface area contributed by atoms with E-state index in [2.05, 4.69) is 5.32 Å². The second kappa shape index (κ2) is 9.96. The fourth-order valence-corrected chi connectivity index (χ4v) is 3.03. The lowest BCUT2D eigenvalue weighted by Gasteiger charge is -2.24. The van der Waals surface area contributed by atoms with Crippen molar-refractivity contribution in [2.75, 3.05) is 20.1 Å². The molecule has 2 amide bonds. The van der Waals surface area contributed by atoms with Crippen molar-refractivity contribution < 1.29 is 14.3 Å². The van der Waals surface area contributed by atoms with Gasteiger partial charge in [0.1, 0.15) is 13.2 Å². The maximum absolute atomic E-state index is 12.1. The summed E-state index contributed by atoms with van der Waals surface area (Å²) in [7, 11) is 1.79. The van der Waals surface area contributed by atoms with Crippen molar-refractivity contribution in [3.05, 3.63) is 35.9 Å². The van der Waals surface area contributed by atoms with E-state index >= 15 is 0 Å². The van der Waals surface area contributed by atoms with Crippen LogP contribution in [0, 0.1) is 5.92 Å². The van der Waals surface area contributed by atoms with Crippen LogP contribution in [0.3, 0.4) is 0 Å². The van der Waals surface area contributed by atoms with E-state index in [9.17, 15) is 9.59 Å². The molecule has 0 saturated heterocycles. The van der Waals surface area contributed by atoms with Gasteiger partial charge >= 0.3 is 6.09 Å². The molecule has 1 aliphatic carbocycles. The predicted octanol–water partition coefficient (Wildman–Crippen LogP) is 3.34. The highest BCUT2D eigenvalue weighted by atomic mass is 16.5. The Morgan fingerprint density at radius 2 is 1.88 bits per heavy atom. The first kappa shape index (κ1) is 18.3. The van der Waals surface area contributed by atoms with Gasteiger partial charge in [0.25, 0.3) is 0 Å². The van der Waals surface area contributed by atoms with Crippen LogP contribution in [-0.4, -0.2) is 37.0 Å². The minimum absolute atomic E-state index is 0.0191. The highest BCUT2D eigenvalue weighted by Gasteiger charge is 2.16. The smallest absolute Gasteiger partial charge is 0.407 e. The lowest BCUT2D eigenvalue weighted by Crippen LogP contribution is -2.39. The summed E-state index contributed by atoms with van der Waals surface area (Å²) in [5.74, 6) is 0.667. The number of carbonyl (C=O) groups excluding carboxylic acids is 2. The molecule has 0 bridgehead atoms. The van der Waals surface area contributed by atoms with Crippen molar-refractivity contribution in [2.45, 2.75) is 45.1 Å². The maximum Gasteiger partial charge on any atom is 0.407 e. The standard InChI is InChI=1S/C19H28N2O3/c1-21(13-12-16-8-4-2-5-9-16)18(22)14-20-19(23)24-15-17-10-6-3-7-11-17/h3,6-7,10-11,16H,2,4-5,8-9,12-15H2,1H3,(H,20,23). The Bertz CT molecular complexity index is 513. The molecule has 0 heterocycles. The third-order valence-electron chi connectivity index (χ3n) is 4.62. The minimum Gasteiger partial charge on any atom is -0.445 e. The minimum atomic E-state index is -0.562. The van der Waals surface area contributed by atoms with E-state index in [1.165, 1.54) is 32.1 Å². The zero-order valence-corrected chi connectivity index (χ0v) is 14.5. The molecule has 5 heteroatoms. The van der Waals surface area contributed by atoms with Crippen LogP contribution in [0.1, 0.15) is 44.1 Å². The summed E-state index contributed by atoms with van der Waals surface area (Å²) in [5, 5.41) is 2.52. The van der Waals surface area contributed by atoms with Crippen LogP contribution in [0.5, 0.6) is 0 Å². The van der Waals surface area contributed by atoms with E-state index < -0.39 is 6.09 Å². The fourth-order valence-electron chi connectivity index (χ4n) is 3.03. The summed E-state index contributed by atoms with van der Waals surface area (Å²) in [6, 6.07) is 9.46. The van der Waals surface area contributed by atoms with Crippen LogP contribution in [0.2, 0.25) is 0 Å². The van der Waals surface area contributed by atoms with E-state index in [0.29, 0.717) is 0 Å². The van der Waals surface area contributed by atoms with Crippen LogP contribution >= 0.6 is 0 Å².